The summed E-state index contributed by atoms with van der Waals surface area (Å²) in [5, 5.41) is 7.29. The molecule has 0 aliphatic rings. The number of anilines is 1. The molecule has 4 rings (SSSR count). The van der Waals surface area contributed by atoms with Crippen molar-refractivity contribution in [1.29, 1.82) is 0 Å². The summed E-state index contributed by atoms with van der Waals surface area (Å²) in [4.78, 5) is 32.4. The summed E-state index contributed by atoms with van der Waals surface area (Å²) in [5.74, 6) is 1.46. The monoisotopic (exact) mass is 435 g/mol. The van der Waals surface area contributed by atoms with E-state index in [4.69, 9.17) is 13.9 Å². The van der Waals surface area contributed by atoms with Gasteiger partial charge in [0.25, 0.3) is 11.5 Å². The Bertz CT molecular complexity index is 1320. The van der Waals surface area contributed by atoms with Crippen molar-refractivity contribution in [2.24, 2.45) is 0 Å². The van der Waals surface area contributed by atoms with Crippen molar-refractivity contribution in [3.05, 3.63) is 69.8 Å². The lowest BCUT2D eigenvalue weighted by molar-refractivity contribution is 0.102. The minimum Gasteiger partial charge on any atom is -0.497 e. The summed E-state index contributed by atoms with van der Waals surface area (Å²) in [7, 11) is 3.01. The molecule has 3 heterocycles. The van der Waals surface area contributed by atoms with E-state index in [1.165, 1.54) is 25.2 Å². The number of aromatic nitrogens is 4. The molecule has 0 unspecified atom stereocenters. The van der Waals surface area contributed by atoms with Crippen molar-refractivity contribution < 1.29 is 18.7 Å². The van der Waals surface area contributed by atoms with Gasteiger partial charge in [-0.2, -0.15) is 9.78 Å². The Morgan fingerprint density at radius 1 is 1.12 bits per heavy atom. The van der Waals surface area contributed by atoms with E-state index in [1.807, 2.05) is 0 Å². The number of methoxy groups -OCH3 is 2. The largest absolute Gasteiger partial charge is 0.497 e. The predicted octanol–water partition coefficient (Wildman–Crippen LogP) is 3.10. The molecule has 4 aromatic rings. The van der Waals surface area contributed by atoms with Gasteiger partial charge in [0, 0.05) is 29.0 Å². The summed E-state index contributed by atoms with van der Waals surface area (Å²) < 4.78 is 17.3. The Balaban J connectivity index is 1.78. The number of benzene rings is 1. The van der Waals surface area contributed by atoms with E-state index >= 15 is 0 Å². The highest BCUT2D eigenvalue weighted by Gasteiger charge is 2.19. The Hall–Kier alpha value is -4.34. The summed E-state index contributed by atoms with van der Waals surface area (Å²) >= 11 is 0. The zero-order chi connectivity index (χ0) is 22.8. The molecular formula is C22H21N5O5. The highest BCUT2D eigenvalue weighted by molar-refractivity contribution is 6.04. The maximum Gasteiger partial charge on any atom is 0.257 e. The molecule has 164 valence electrons. The molecule has 0 saturated heterocycles. The van der Waals surface area contributed by atoms with Gasteiger partial charge in [0.15, 0.2) is 5.76 Å². The number of ether oxygens (including phenoxy) is 2. The highest BCUT2D eigenvalue weighted by atomic mass is 16.5. The van der Waals surface area contributed by atoms with Crippen LogP contribution in [-0.2, 0) is 0 Å². The third kappa shape index (κ3) is 3.97. The van der Waals surface area contributed by atoms with E-state index in [-0.39, 0.29) is 17.3 Å². The SMILES string of the molecule is COc1cc(OC)cc(C(=O)Nc2cc(-c3ccco3)nn2-c2nc(C)c(C)c(=O)[nH]2)c1. The second-order valence-corrected chi connectivity index (χ2v) is 6.96. The van der Waals surface area contributed by atoms with Crippen LogP contribution in [0.5, 0.6) is 11.5 Å². The first-order valence-corrected chi connectivity index (χ1v) is 9.66. The van der Waals surface area contributed by atoms with Crippen LogP contribution in [0.1, 0.15) is 21.6 Å². The molecule has 32 heavy (non-hydrogen) atoms. The van der Waals surface area contributed by atoms with Gasteiger partial charge in [-0.1, -0.05) is 0 Å². The maximum atomic E-state index is 13.0. The van der Waals surface area contributed by atoms with Crippen LogP contribution >= 0.6 is 0 Å². The molecule has 0 radical (unpaired) electrons. The number of rotatable bonds is 6. The van der Waals surface area contributed by atoms with Gasteiger partial charge in [0.05, 0.1) is 20.5 Å². The molecule has 2 N–H and O–H groups in total. The number of hydrogen-bond acceptors (Lipinski definition) is 7. The number of aryl methyl sites for hydroxylation is 1. The Kier molecular flexibility index (Phi) is 5.50. The Labute approximate surface area is 182 Å². The number of nitrogens with zero attached hydrogens (tertiary/aromatic N) is 3. The number of hydrogen-bond donors (Lipinski definition) is 2. The third-order valence-corrected chi connectivity index (χ3v) is 4.92. The molecule has 0 aliphatic carbocycles. The van der Waals surface area contributed by atoms with Crippen LogP contribution in [0.3, 0.4) is 0 Å². The first-order chi connectivity index (χ1) is 15.4. The number of carbonyl (C=O) groups excluding carboxylic acids is 1. The maximum absolute atomic E-state index is 13.0. The zero-order valence-corrected chi connectivity index (χ0v) is 17.9. The lowest BCUT2D eigenvalue weighted by Crippen LogP contribution is -2.20. The molecule has 0 atom stereocenters. The fraction of sp³-hybridized carbons (Fsp3) is 0.182. The third-order valence-electron chi connectivity index (χ3n) is 4.92. The van der Waals surface area contributed by atoms with E-state index in [0.717, 1.165) is 0 Å². The van der Waals surface area contributed by atoms with E-state index in [2.05, 4.69) is 20.4 Å². The van der Waals surface area contributed by atoms with Gasteiger partial charge in [-0.3, -0.25) is 14.6 Å². The highest BCUT2D eigenvalue weighted by Crippen LogP contribution is 2.26. The van der Waals surface area contributed by atoms with E-state index < -0.39 is 5.91 Å². The van der Waals surface area contributed by atoms with Crippen molar-refractivity contribution in [2.75, 3.05) is 19.5 Å². The Morgan fingerprint density at radius 2 is 1.84 bits per heavy atom. The summed E-state index contributed by atoms with van der Waals surface area (Å²) in [6.07, 6.45) is 1.52. The standard InChI is InChI=1S/C22H21N5O5/c1-12-13(2)23-22(25-20(12)28)27-19(11-17(26-27)18-6-5-7-32-18)24-21(29)14-8-15(30-3)10-16(9-14)31-4/h5-11H,1-4H3,(H,24,29)(H,23,25,28). The van der Waals surface area contributed by atoms with Crippen molar-refractivity contribution in [3.8, 4) is 28.9 Å². The average Bonchev–Trinajstić information content (AvgIpc) is 3.47. The minimum atomic E-state index is -0.430. The lowest BCUT2D eigenvalue weighted by Gasteiger charge is -2.11. The second kappa shape index (κ2) is 8.42. The van der Waals surface area contributed by atoms with Gasteiger partial charge in [-0.15, -0.1) is 0 Å². The van der Waals surface area contributed by atoms with Crippen LogP contribution in [0, 0.1) is 13.8 Å². The molecule has 0 aliphatic heterocycles. The second-order valence-electron chi connectivity index (χ2n) is 6.96. The lowest BCUT2D eigenvalue weighted by atomic mass is 10.2. The molecule has 1 amide bonds. The molecule has 0 saturated carbocycles. The van der Waals surface area contributed by atoms with Crippen LogP contribution in [0.15, 0.2) is 51.9 Å². The summed E-state index contributed by atoms with van der Waals surface area (Å²) in [6, 6.07) is 9.93. The van der Waals surface area contributed by atoms with E-state index in [1.54, 1.807) is 50.2 Å². The van der Waals surface area contributed by atoms with E-state index in [9.17, 15) is 9.59 Å². The number of nitrogens with one attached hydrogen (secondary N) is 2. The van der Waals surface area contributed by atoms with Crippen molar-refractivity contribution in [3.63, 3.8) is 0 Å². The minimum absolute atomic E-state index is 0.162. The molecule has 10 nitrogen and oxygen atoms in total. The Morgan fingerprint density at radius 3 is 2.44 bits per heavy atom. The molecular weight excluding hydrogens is 414 g/mol. The van der Waals surface area contributed by atoms with Crippen LogP contribution in [0.25, 0.3) is 17.4 Å². The quantitative estimate of drug-likeness (QED) is 0.477. The zero-order valence-electron chi connectivity index (χ0n) is 17.9. The molecule has 0 fully saturated rings. The predicted molar refractivity (Wildman–Crippen MR) is 117 cm³/mol. The van der Waals surface area contributed by atoms with Crippen molar-refractivity contribution in [2.45, 2.75) is 13.8 Å². The van der Waals surface area contributed by atoms with Crippen LogP contribution in [-0.4, -0.2) is 39.9 Å². The van der Waals surface area contributed by atoms with Crippen molar-refractivity contribution in [1.82, 2.24) is 19.7 Å². The topological polar surface area (TPSA) is 124 Å². The van der Waals surface area contributed by atoms with Crippen LogP contribution in [0.2, 0.25) is 0 Å². The smallest absolute Gasteiger partial charge is 0.257 e. The number of amides is 1. The molecule has 10 heteroatoms. The normalized spacial score (nSPS) is 10.8. The molecule has 0 spiro atoms. The van der Waals surface area contributed by atoms with Gasteiger partial charge in [-0.25, -0.2) is 4.98 Å². The molecule has 1 aromatic carbocycles. The first-order valence-electron chi connectivity index (χ1n) is 9.66. The van der Waals surface area contributed by atoms with Gasteiger partial charge in [0.2, 0.25) is 5.95 Å². The fourth-order valence-electron chi connectivity index (χ4n) is 3.03. The molecule has 3 aromatic heterocycles. The van der Waals surface area contributed by atoms with Gasteiger partial charge < -0.3 is 19.2 Å². The number of carbonyl (C=O) groups is 1. The van der Waals surface area contributed by atoms with Gasteiger partial charge in [0.1, 0.15) is 23.0 Å². The fourth-order valence-corrected chi connectivity index (χ4v) is 3.03. The van der Waals surface area contributed by atoms with Crippen LogP contribution in [0.4, 0.5) is 5.82 Å². The number of furan rings is 1. The number of H-pyrrole nitrogens is 1. The van der Waals surface area contributed by atoms with Crippen LogP contribution < -0.4 is 20.3 Å². The first kappa shape index (κ1) is 20.9. The summed E-state index contributed by atoms with van der Waals surface area (Å²) in [6.45, 7) is 3.41. The van der Waals surface area contributed by atoms with Crippen molar-refractivity contribution >= 4 is 11.7 Å². The van der Waals surface area contributed by atoms with Gasteiger partial charge in [-0.05, 0) is 38.1 Å². The average molecular weight is 435 g/mol. The number of aromatic amines is 1. The summed E-state index contributed by atoms with van der Waals surface area (Å²) in [5.41, 5.74) is 1.52. The van der Waals surface area contributed by atoms with Gasteiger partial charge >= 0.3 is 0 Å². The van der Waals surface area contributed by atoms with E-state index in [0.29, 0.717) is 39.8 Å². The molecule has 0 bridgehead atoms.